The molecule has 1 atom stereocenters. The Bertz CT molecular complexity index is 4380. The van der Waals surface area contributed by atoms with E-state index in [1.165, 1.54) is 100 Å². The number of benzene rings is 10. The fourth-order valence-electron chi connectivity index (χ4n) is 14.5. The molecule has 10 aromatic carbocycles. The SMILES string of the molecule is C=C(/C=C\C(=C/C)N(c1cc(C)c(C)c(C)c1)c1ccc2c(c1)C(C)(C)c1ccccc1-2)C1(c2ccc(N(c3cc(C)c(C)c(C)c3)c3ccc4c(c3)C(C)(C)c3ccccc3-4)cc2)c2ccccc2N(c2ccc(C)cc2)c2ccc(C)cc21. The summed E-state index contributed by atoms with van der Waals surface area (Å²) in [7, 11) is 0. The van der Waals surface area contributed by atoms with Gasteiger partial charge in [-0.05, 0) is 253 Å². The maximum absolute atomic E-state index is 5.29. The molecule has 420 valence electrons. The first-order valence-electron chi connectivity index (χ1n) is 30.3. The Morgan fingerprint density at radius 1 is 0.400 bits per heavy atom. The van der Waals surface area contributed by atoms with E-state index in [-0.39, 0.29) is 10.8 Å². The van der Waals surface area contributed by atoms with Gasteiger partial charge in [0.2, 0.25) is 0 Å². The molecule has 13 rings (SSSR count). The van der Waals surface area contributed by atoms with Crippen molar-refractivity contribution in [3.8, 4) is 22.3 Å². The molecule has 85 heavy (non-hydrogen) atoms. The number of aryl methyl sites for hydroxylation is 6. The lowest BCUT2D eigenvalue weighted by atomic mass is 9.62. The molecule has 0 amide bonds. The maximum Gasteiger partial charge on any atom is 0.0736 e. The minimum atomic E-state index is -0.844. The van der Waals surface area contributed by atoms with Crippen LogP contribution >= 0.6 is 0 Å². The van der Waals surface area contributed by atoms with Crippen molar-refractivity contribution in [3.05, 3.63) is 320 Å². The molecule has 1 unspecified atom stereocenters. The molecular weight excluding hydrogens is 1030 g/mol. The monoisotopic (exact) mass is 1100 g/mol. The molecule has 0 fully saturated rings. The van der Waals surface area contributed by atoms with Crippen molar-refractivity contribution < 1.29 is 0 Å². The maximum atomic E-state index is 5.29. The second kappa shape index (κ2) is 20.6. The van der Waals surface area contributed by atoms with Crippen LogP contribution < -0.4 is 14.7 Å². The molecule has 3 heteroatoms. The van der Waals surface area contributed by atoms with Gasteiger partial charge in [-0.15, -0.1) is 0 Å². The summed E-state index contributed by atoms with van der Waals surface area (Å²) < 4.78 is 0. The molecule has 3 nitrogen and oxygen atoms in total. The molecule has 0 spiro atoms. The zero-order valence-electron chi connectivity index (χ0n) is 51.8. The number of hydrogen-bond acceptors (Lipinski definition) is 3. The summed E-state index contributed by atoms with van der Waals surface area (Å²) in [5.74, 6) is 0. The number of fused-ring (bicyclic) bond motifs is 8. The lowest BCUT2D eigenvalue weighted by Crippen LogP contribution is -2.38. The first kappa shape index (κ1) is 55.0. The Morgan fingerprint density at radius 3 is 1.45 bits per heavy atom. The fraction of sp³-hybridized carbons (Fsp3) is 0.195. The van der Waals surface area contributed by atoms with Gasteiger partial charge in [-0.25, -0.2) is 0 Å². The zero-order chi connectivity index (χ0) is 59.4. The highest BCUT2D eigenvalue weighted by atomic mass is 15.2. The molecule has 0 aromatic heterocycles. The van der Waals surface area contributed by atoms with Crippen LogP contribution in [0.15, 0.2) is 236 Å². The molecule has 1 aliphatic heterocycles. The van der Waals surface area contributed by atoms with Gasteiger partial charge in [-0.3, -0.25) is 0 Å². The van der Waals surface area contributed by atoms with Gasteiger partial charge in [-0.2, -0.15) is 0 Å². The minimum Gasteiger partial charge on any atom is -0.311 e. The lowest BCUT2D eigenvalue weighted by Gasteiger charge is -2.47. The number of hydrogen-bond donors (Lipinski definition) is 0. The minimum absolute atomic E-state index is 0.157. The highest BCUT2D eigenvalue weighted by Gasteiger charge is 2.47. The van der Waals surface area contributed by atoms with Crippen LogP contribution in [0.4, 0.5) is 45.5 Å². The molecule has 0 N–H and O–H groups in total. The zero-order valence-corrected chi connectivity index (χ0v) is 51.8. The summed E-state index contributed by atoms with van der Waals surface area (Å²) in [6, 6.07) is 76.0. The smallest absolute Gasteiger partial charge is 0.0736 e. The van der Waals surface area contributed by atoms with E-state index in [1.807, 2.05) is 0 Å². The number of rotatable bonds is 11. The second-order valence-electron chi connectivity index (χ2n) is 25.5. The van der Waals surface area contributed by atoms with Crippen LogP contribution in [0, 0.1) is 55.4 Å². The molecule has 0 bridgehead atoms. The van der Waals surface area contributed by atoms with Crippen LogP contribution in [0.2, 0.25) is 0 Å². The van der Waals surface area contributed by atoms with Crippen molar-refractivity contribution in [2.45, 2.75) is 106 Å². The van der Waals surface area contributed by atoms with Crippen molar-refractivity contribution in [1.29, 1.82) is 0 Å². The van der Waals surface area contributed by atoms with Crippen LogP contribution in [0.3, 0.4) is 0 Å². The third kappa shape index (κ3) is 8.68. The number of para-hydroxylation sites is 1. The molecule has 0 saturated heterocycles. The molecule has 0 saturated carbocycles. The molecular formula is C82H77N3. The van der Waals surface area contributed by atoms with Crippen molar-refractivity contribution in [2.75, 3.05) is 14.7 Å². The number of nitrogens with zero attached hydrogens (tertiary/aromatic N) is 3. The Hall–Kier alpha value is -9.18. The quantitative estimate of drug-likeness (QED) is 0.120. The van der Waals surface area contributed by atoms with Gasteiger partial charge in [0.1, 0.15) is 0 Å². The van der Waals surface area contributed by atoms with Crippen LogP contribution in [-0.4, -0.2) is 0 Å². The number of anilines is 8. The van der Waals surface area contributed by atoms with E-state index >= 15 is 0 Å². The largest absolute Gasteiger partial charge is 0.311 e. The summed E-state index contributed by atoms with van der Waals surface area (Å²) >= 11 is 0. The Morgan fingerprint density at radius 2 is 0.871 bits per heavy atom. The van der Waals surface area contributed by atoms with E-state index in [2.05, 4.69) is 323 Å². The Labute approximate surface area is 505 Å². The van der Waals surface area contributed by atoms with E-state index in [1.54, 1.807) is 0 Å². The molecule has 3 aliphatic rings. The van der Waals surface area contributed by atoms with Gasteiger partial charge in [-0.1, -0.05) is 173 Å². The van der Waals surface area contributed by atoms with Gasteiger partial charge < -0.3 is 14.7 Å². The third-order valence-corrected chi connectivity index (χ3v) is 19.7. The summed E-state index contributed by atoms with van der Waals surface area (Å²) in [4.78, 5) is 7.38. The van der Waals surface area contributed by atoms with Crippen LogP contribution in [0.25, 0.3) is 22.3 Å². The predicted molar refractivity (Wildman–Crippen MR) is 362 cm³/mol. The molecule has 0 radical (unpaired) electrons. The van der Waals surface area contributed by atoms with Gasteiger partial charge in [0, 0.05) is 50.7 Å². The summed E-state index contributed by atoms with van der Waals surface area (Å²) in [5.41, 5.74) is 34.1. The van der Waals surface area contributed by atoms with Crippen molar-refractivity contribution in [3.63, 3.8) is 0 Å². The molecule has 2 aliphatic carbocycles. The van der Waals surface area contributed by atoms with Crippen LogP contribution in [0.1, 0.15) is 118 Å². The Balaban J connectivity index is 1.00. The lowest BCUT2D eigenvalue weighted by molar-refractivity contribution is 0.660. The van der Waals surface area contributed by atoms with E-state index in [9.17, 15) is 0 Å². The van der Waals surface area contributed by atoms with Crippen molar-refractivity contribution in [2.24, 2.45) is 0 Å². The average Bonchev–Trinajstić information content (AvgIpc) is 2.06. The first-order valence-corrected chi connectivity index (χ1v) is 30.3. The molecule has 10 aromatic rings. The second-order valence-corrected chi connectivity index (χ2v) is 25.5. The van der Waals surface area contributed by atoms with E-state index in [0.717, 1.165) is 62.3 Å². The average molecular weight is 1100 g/mol. The third-order valence-electron chi connectivity index (χ3n) is 19.7. The van der Waals surface area contributed by atoms with Gasteiger partial charge in [0.25, 0.3) is 0 Å². The predicted octanol–water partition coefficient (Wildman–Crippen LogP) is 22.2. The van der Waals surface area contributed by atoms with Crippen LogP contribution in [-0.2, 0) is 16.2 Å². The van der Waals surface area contributed by atoms with E-state index < -0.39 is 5.41 Å². The van der Waals surface area contributed by atoms with Crippen molar-refractivity contribution >= 4 is 45.5 Å². The summed E-state index contributed by atoms with van der Waals surface area (Å²) in [6.07, 6.45) is 6.89. The summed E-state index contributed by atoms with van der Waals surface area (Å²) in [6.45, 7) is 34.8. The standard InChI is InChI=1S/C82H77N3/c1-15-61(83(66-45-53(4)58(9)54(5)46-66)64-39-41-70-68-22-16-18-24-72(68)80(11,12)75(70)49-64)36-31-57(8)82(74-26-20-21-27-78(74)85(63-34-28-51(2)29-35-63)79-43-30-52(3)44-77(79)82)60-32-37-62(38-33-60)84(67-47-55(6)59(10)56(7)48-67)65-40-42-71-69-23-17-19-25-73(69)81(13,14)76(71)50-65/h15-50H,8H2,1-7,9-14H3/b36-31-,61-15+. The number of allylic oxidation sites excluding steroid dienone is 4. The van der Waals surface area contributed by atoms with Gasteiger partial charge in [0.15, 0.2) is 0 Å². The summed E-state index contributed by atoms with van der Waals surface area (Å²) in [5, 5.41) is 0. The van der Waals surface area contributed by atoms with E-state index in [0.29, 0.717) is 0 Å². The van der Waals surface area contributed by atoms with Crippen LogP contribution in [0.5, 0.6) is 0 Å². The highest BCUT2D eigenvalue weighted by molar-refractivity contribution is 5.92. The first-order chi connectivity index (χ1) is 40.8. The van der Waals surface area contributed by atoms with Gasteiger partial charge in [0.05, 0.1) is 16.8 Å². The Kier molecular flexibility index (Phi) is 13.3. The molecule has 1 heterocycles. The van der Waals surface area contributed by atoms with Gasteiger partial charge >= 0.3 is 0 Å². The van der Waals surface area contributed by atoms with Crippen molar-refractivity contribution in [1.82, 2.24) is 0 Å². The fourth-order valence-corrected chi connectivity index (χ4v) is 14.5. The normalized spacial score (nSPS) is 15.9. The van der Waals surface area contributed by atoms with E-state index in [4.69, 9.17) is 6.58 Å². The topological polar surface area (TPSA) is 9.72 Å². The highest BCUT2D eigenvalue weighted by Crippen LogP contribution is 2.59.